The molecule has 1 saturated heterocycles. The van der Waals surface area contributed by atoms with Crippen LogP contribution in [-0.2, 0) is 4.74 Å². The van der Waals surface area contributed by atoms with Crippen molar-refractivity contribution in [2.75, 3.05) is 6.61 Å². The Labute approximate surface area is 79.5 Å². The van der Waals surface area contributed by atoms with E-state index in [9.17, 15) is 18.3 Å². The molecule has 1 fully saturated rings. The zero-order valence-corrected chi connectivity index (χ0v) is 7.71. The molecule has 0 aromatic heterocycles. The smallest absolute Gasteiger partial charge is 0.393 e. The molecule has 0 aromatic rings. The van der Waals surface area contributed by atoms with Crippen molar-refractivity contribution in [2.24, 2.45) is 0 Å². The topological polar surface area (TPSA) is 49.7 Å². The summed E-state index contributed by atoms with van der Waals surface area (Å²) in [7, 11) is 0. The monoisotopic (exact) mass is 214 g/mol. The number of rotatable bonds is 1. The van der Waals surface area contributed by atoms with E-state index in [1.54, 1.807) is 0 Å². The summed E-state index contributed by atoms with van der Waals surface area (Å²) in [6, 6.07) is 0. The van der Waals surface area contributed by atoms with Gasteiger partial charge >= 0.3 is 6.18 Å². The summed E-state index contributed by atoms with van der Waals surface area (Å²) in [5, 5.41) is 18.4. The Hall–Kier alpha value is -0.330. The summed E-state index contributed by atoms with van der Waals surface area (Å²) in [5.74, 6) is 0. The van der Waals surface area contributed by atoms with E-state index in [-0.39, 0.29) is 13.0 Å². The molecule has 3 unspecified atom stereocenters. The Balaban J connectivity index is 2.71. The average Bonchev–Trinajstić information content (AvgIpc) is 2.02. The van der Waals surface area contributed by atoms with Crippen LogP contribution in [0.3, 0.4) is 0 Å². The molecule has 0 radical (unpaired) electrons. The summed E-state index contributed by atoms with van der Waals surface area (Å²) < 4.78 is 41.8. The summed E-state index contributed by atoms with van der Waals surface area (Å²) in [4.78, 5) is 0. The molecule has 0 spiro atoms. The lowest BCUT2D eigenvalue weighted by molar-refractivity contribution is -0.297. The predicted octanol–water partition coefficient (Wildman–Crippen LogP) is 0.840. The van der Waals surface area contributed by atoms with Gasteiger partial charge in [0.25, 0.3) is 0 Å². The maximum Gasteiger partial charge on any atom is 0.419 e. The van der Waals surface area contributed by atoms with Crippen molar-refractivity contribution in [1.29, 1.82) is 0 Å². The largest absolute Gasteiger partial charge is 0.419 e. The van der Waals surface area contributed by atoms with Gasteiger partial charge in [-0.1, -0.05) is 0 Å². The van der Waals surface area contributed by atoms with Gasteiger partial charge in [0.15, 0.2) is 5.60 Å². The van der Waals surface area contributed by atoms with Crippen LogP contribution in [0, 0.1) is 0 Å². The third-order valence-electron chi connectivity index (χ3n) is 2.46. The second-order valence-corrected chi connectivity index (χ2v) is 3.68. The maximum atomic E-state index is 12.3. The van der Waals surface area contributed by atoms with E-state index >= 15 is 0 Å². The molecule has 0 bridgehead atoms. The fraction of sp³-hybridized carbons (Fsp3) is 1.00. The Morgan fingerprint density at radius 1 is 1.36 bits per heavy atom. The van der Waals surface area contributed by atoms with Gasteiger partial charge in [0.05, 0.1) is 12.2 Å². The molecule has 1 aliphatic heterocycles. The molecule has 1 aliphatic rings. The SMILES string of the molecule is CC(O)(C1CC(O)CCO1)C(F)(F)F. The van der Waals surface area contributed by atoms with Crippen LogP contribution in [0.4, 0.5) is 13.2 Å². The Bertz CT molecular complexity index is 202. The lowest BCUT2D eigenvalue weighted by atomic mass is 9.91. The summed E-state index contributed by atoms with van der Waals surface area (Å²) in [5.41, 5.74) is -2.89. The van der Waals surface area contributed by atoms with Crippen molar-refractivity contribution in [3.63, 3.8) is 0 Å². The number of ether oxygens (including phenoxy) is 1. The number of hydrogen-bond donors (Lipinski definition) is 2. The van der Waals surface area contributed by atoms with Crippen LogP contribution < -0.4 is 0 Å². The van der Waals surface area contributed by atoms with E-state index in [2.05, 4.69) is 0 Å². The van der Waals surface area contributed by atoms with Crippen molar-refractivity contribution >= 4 is 0 Å². The van der Waals surface area contributed by atoms with Crippen LogP contribution in [0.2, 0.25) is 0 Å². The first-order chi connectivity index (χ1) is 6.25. The Kier molecular flexibility index (Phi) is 3.08. The molecule has 3 nitrogen and oxygen atoms in total. The predicted molar refractivity (Wildman–Crippen MR) is 41.7 cm³/mol. The van der Waals surface area contributed by atoms with Gasteiger partial charge in [0, 0.05) is 13.0 Å². The number of aliphatic hydroxyl groups is 2. The lowest BCUT2D eigenvalue weighted by Gasteiger charge is -2.38. The standard InChI is InChI=1S/C8H13F3O3/c1-7(13,8(9,10)11)6-4-5(12)2-3-14-6/h5-6,12-13H,2-4H2,1H3. The normalized spacial score (nSPS) is 33.9. The Morgan fingerprint density at radius 2 is 1.93 bits per heavy atom. The third kappa shape index (κ3) is 2.18. The molecule has 14 heavy (non-hydrogen) atoms. The molecule has 3 atom stereocenters. The van der Waals surface area contributed by atoms with E-state index in [1.165, 1.54) is 0 Å². The molecular formula is C8H13F3O3. The minimum atomic E-state index is -4.74. The fourth-order valence-corrected chi connectivity index (χ4v) is 1.35. The molecule has 0 aromatic carbocycles. The number of hydrogen-bond acceptors (Lipinski definition) is 3. The van der Waals surface area contributed by atoms with Gasteiger partial charge in [-0.05, 0) is 13.3 Å². The molecule has 6 heteroatoms. The number of alkyl halides is 3. The van der Waals surface area contributed by atoms with Gasteiger partial charge in [0.1, 0.15) is 0 Å². The van der Waals surface area contributed by atoms with Crippen molar-refractivity contribution in [3.8, 4) is 0 Å². The highest BCUT2D eigenvalue weighted by Gasteiger charge is 2.56. The van der Waals surface area contributed by atoms with Gasteiger partial charge in [-0.2, -0.15) is 13.2 Å². The van der Waals surface area contributed by atoms with Crippen molar-refractivity contribution < 1.29 is 28.1 Å². The molecule has 0 aliphatic carbocycles. The zero-order valence-electron chi connectivity index (χ0n) is 7.71. The molecule has 84 valence electrons. The second-order valence-electron chi connectivity index (χ2n) is 3.68. The first-order valence-electron chi connectivity index (χ1n) is 4.34. The quantitative estimate of drug-likeness (QED) is 0.680. The molecule has 0 amide bonds. The fourth-order valence-electron chi connectivity index (χ4n) is 1.35. The van der Waals surface area contributed by atoms with Crippen LogP contribution in [0.1, 0.15) is 19.8 Å². The van der Waals surface area contributed by atoms with Crippen LogP contribution in [-0.4, -0.2) is 40.8 Å². The van der Waals surface area contributed by atoms with Gasteiger partial charge in [-0.25, -0.2) is 0 Å². The second kappa shape index (κ2) is 3.67. The highest BCUT2D eigenvalue weighted by atomic mass is 19.4. The minimum absolute atomic E-state index is 0.0397. The maximum absolute atomic E-state index is 12.3. The average molecular weight is 214 g/mol. The van der Waals surface area contributed by atoms with Crippen LogP contribution >= 0.6 is 0 Å². The van der Waals surface area contributed by atoms with E-state index in [4.69, 9.17) is 9.84 Å². The molecule has 1 rings (SSSR count). The lowest BCUT2D eigenvalue weighted by Crippen LogP contribution is -2.55. The van der Waals surface area contributed by atoms with Crippen molar-refractivity contribution in [2.45, 2.75) is 43.8 Å². The van der Waals surface area contributed by atoms with E-state index in [1.807, 2.05) is 0 Å². The van der Waals surface area contributed by atoms with E-state index < -0.39 is 24.0 Å². The van der Waals surface area contributed by atoms with E-state index in [0.717, 1.165) is 0 Å². The van der Waals surface area contributed by atoms with Gasteiger partial charge in [-0.3, -0.25) is 0 Å². The molecule has 1 heterocycles. The summed E-state index contributed by atoms with van der Waals surface area (Å²) >= 11 is 0. The van der Waals surface area contributed by atoms with Crippen molar-refractivity contribution in [3.05, 3.63) is 0 Å². The number of halogens is 3. The molecular weight excluding hydrogens is 201 g/mol. The first-order valence-corrected chi connectivity index (χ1v) is 4.34. The highest BCUT2D eigenvalue weighted by Crippen LogP contribution is 2.37. The van der Waals surface area contributed by atoms with Crippen LogP contribution in [0.25, 0.3) is 0 Å². The van der Waals surface area contributed by atoms with Crippen LogP contribution in [0.5, 0.6) is 0 Å². The van der Waals surface area contributed by atoms with E-state index in [0.29, 0.717) is 13.3 Å². The van der Waals surface area contributed by atoms with Gasteiger partial charge in [0.2, 0.25) is 0 Å². The Morgan fingerprint density at radius 3 is 2.36 bits per heavy atom. The summed E-state index contributed by atoms with van der Waals surface area (Å²) in [6.45, 7) is 0.702. The molecule has 2 N–H and O–H groups in total. The van der Waals surface area contributed by atoms with Gasteiger partial charge < -0.3 is 14.9 Å². The first kappa shape index (κ1) is 11.7. The summed E-state index contributed by atoms with van der Waals surface area (Å²) in [6.07, 6.45) is -6.83. The molecule has 0 saturated carbocycles. The highest BCUT2D eigenvalue weighted by molar-refractivity contribution is 4.92. The van der Waals surface area contributed by atoms with Gasteiger partial charge in [-0.15, -0.1) is 0 Å². The minimum Gasteiger partial charge on any atom is -0.393 e. The zero-order chi connectivity index (χ0) is 11.0. The van der Waals surface area contributed by atoms with Crippen LogP contribution in [0.15, 0.2) is 0 Å². The number of aliphatic hydroxyl groups excluding tert-OH is 1. The van der Waals surface area contributed by atoms with Crippen molar-refractivity contribution in [1.82, 2.24) is 0 Å². The third-order valence-corrected chi connectivity index (χ3v) is 2.46.